The van der Waals surface area contributed by atoms with Crippen molar-refractivity contribution in [2.75, 3.05) is 26.3 Å². The quantitative estimate of drug-likeness (QED) is 0.778. The molecule has 7 heteroatoms. The number of sulfonamides is 1. The number of nitrogens with zero attached hydrogens (tertiary/aromatic N) is 1. The Bertz CT molecular complexity index is 569. The fraction of sp³-hybridized carbons (Fsp3) is 0.583. The summed E-state index contributed by atoms with van der Waals surface area (Å²) in [7, 11) is -3.67. The van der Waals surface area contributed by atoms with E-state index in [9.17, 15) is 13.2 Å². The third-order valence-electron chi connectivity index (χ3n) is 3.08. The summed E-state index contributed by atoms with van der Waals surface area (Å²) in [6, 6.07) is 1.33. The van der Waals surface area contributed by atoms with Gasteiger partial charge in [0, 0.05) is 25.6 Å². The van der Waals surface area contributed by atoms with E-state index in [2.05, 4.69) is 0 Å². The van der Waals surface area contributed by atoms with Gasteiger partial charge in [0.15, 0.2) is 5.78 Å². The molecule has 2 heterocycles. The van der Waals surface area contributed by atoms with E-state index in [4.69, 9.17) is 9.15 Å². The minimum atomic E-state index is -3.67. The predicted octanol–water partition coefficient (Wildman–Crippen LogP) is 1.20. The van der Waals surface area contributed by atoms with Crippen molar-refractivity contribution in [2.45, 2.75) is 25.4 Å². The van der Waals surface area contributed by atoms with Gasteiger partial charge in [-0.2, -0.15) is 4.31 Å². The van der Waals surface area contributed by atoms with Crippen LogP contribution in [-0.4, -0.2) is 44.8 Å². The van der Waals surface area contributed by atoms with Gasteiger partial charge in [-0.25, -0.2) is 8.42 Å². The lowest BCUT2D eigenvalue weighted by molar-refractivity contribution is 0.0724. The van der Waals surface area contributed by atoms with Crippen molar-refractivity contribution >= 4 is 15.8 Å². The highest BCUT2D eigenvalue weighted by Gasteiger charge is 2.30. The van der Waals surface area contributed by atoms with Gasteiger partial charge in [0.05, 0.1) is 18.8 Å². The second-order valence-corrected chi connectivity index (χ2v) is 6.20. The standard InChI is InChI=1S/C12H17NO5S/c1-3-11(14)10-8-12(18-9(10)2)19(15,16)13-4-6-17-7-5-13/h8H,3-7H2,1-2H3. The zero-order valence-electron chi connectivity index (χ0n) is 11.0. The molecular weight excluding hydrogens is 270 g/mol. The van der Waals surface area contributed by atoms with Crippen molar-refractivity contribution in [3.8, 4) is 0 Å². The minimum Gasteiger partial charge on any atom is -0.448 e. The molecule has 1 fully saturated rings. The number of morpholine rings is 1. The summed E-state index contributed by atoms with van der Waals surface area (Å²) < 4.78 is 36.4. The Morgan fingerprint density at radius 1 is 1.37 bits per heavy atom. The molecule has 1 aliphatic heterocycles. The Morgan fingerprint density at radius 3 is 2.58 bits per heavy atom. The number of carbonyl (C=O) groups is 1. The summed E-state index contributed by atoms with van der Waals surface area (Å²) in [5, 5.41) is -0.163. The maximum Gasteiger partial charge on any atom is 0.276 e. The van der Waals surface area contributed by atoms with Crippen LogP contribution in [0.2, 0.25) is 0 Å². The Labute approximate surface area is 112 Å². The van der Waals surface area contributed by atoms with Crippen molar-refractivity contribution in [3.63, 3.8) is 0 Å². The summed E-state index contributed by atoms with van der Waals surface area (Å²) >= 11 is 0. The van der Waals surface area contributed by atoms with Gasteiger partial charge in [0.25, 0.3) is 10.0 Å². The van der Waals surface area contributed by atoms with Gasteiger partial charge < -0.3 is 9.15 Å². The number of ketones is 1. The molecular formula is C12H17NO5S. The lowest BCUT2D eigenvalue weighted by Gasteiger charge is -2.24. The van der Waals surface area contributed by atoms with Crippen molar-refractivity contribution in [2.24, 2.45) is 0 Å². The van der Waals surface area contributed by atoms with Crippen LogP contribution < -0.4 is 0 Å². The molecule has 0 radical (unpaired) electrons. The van der Waals surface area contributed by atoms with Gasteiger partial charge in [0.2, 0.25) is 5.09 Å². The number of furan rings is 1. The van der Waals surface area contributed by atoms with Crippen LogP contribution in [0.5, 0.6) is 0 Å². The molecule has 0 N–H and O–H groups in total. The number of carbonyl (C=O) groups excluding carboxylic acids is 1. The van der Waals surface area contributed by atoms with Gasteiger partial charge in [-0.3, -0.25) is 4.79 Å². The average molecular weight is 287 g/mol. The van der Waals surface area contributed by atoms with E-state index in [1.54, 1.807) is 13.8 Å². The Balaban J connectivity index is 2.33. The van der Waals surface area contributed by atoms with E-state index in [1.165, 1.54) is 10.4 Å². The molecule has 0 unspecified atom stereocenters. The summed E-state index contributed by atoms with van der Waals surface area (Å²) in [5.74, 6) is 0.225. The van der Waals surface area contributed by atoms with E-state index in [1.807, 2.05) is 0 Å². The Kier molecular flexibility index (Phi) is 4.07. The molecule has 19 heavy (non-hydrogen) atoms. The van der Waals surface area contributed by atoms with Crippen LogP contribution in [0, 0.1) is 6.92 Å². The van der Waals surface area contributed by atoms with Gasteiger partial charge >= 0.3 is 0 Å². The lowest BCUT2D eigenvalue weighted by atomic mass is 10.1. The first-order valence-electron chi connectivity index (χ1n) is 6.18. The molecule has 0 aromatic carbocycles. The maximum absolute atomic E-state index is 12.3. The lowest BCUT2D eigenvalue weighted by Crippen LogP contribution is -2.40. The predicted molar refractivity (Wildman–Crippen MR) is 67.6 cm³/mol. The zero-order chi connectivity index (χ0) is 14.0. The Hall–Kier alpha value is -1.18. The first-order valence-corrected chi connectivity index (χ1v) is 7.62. The maximum atomic E-state index is 12.3. The number of hydrogen-bond donors (Lipinski definition) is 0. The molecule has 0 saturated carbocycles. The Morgan fingerprint density at radius 2 is 2.00 bits per heavy atom. The number of rotatable bonds is 4. The molecule has 1 aromatic heterocycles. The molecule has 2 rings (SSSR count). The van der Waals surface area contributed by atoms with Crippen molar-refractivity contribution in [1.29, 1.82) is 0 Å². The first kappa shape index (κ1) is 14.2. The van der Waals surface area contributed by atoms with Crippen LogP contribution in [-0.2, 0) is 14.8 Å². The third-order valence-corrected chi connectivity index (χ3v) is 4.84. The minimum absolute atomic E-state index is 0.121. The molecule has 6 nitrogen and oxygen atoms in total. The van der Waals surface area contributed by atoms with Crippen LogP contribution >= 0.6 is 0 Å². The number of ether oxygens (including phenoxy) is 1. The largest absolute Gasteiger partial charge is 0.448 e. The summed E-state index contributed by atoms with van der Waals surface area (Å²) in [6.45, 7) is 4.68. The number of hydrogen-bond acceptors (Lipinski definition) is 5. The van der Waals surface area contributed by atoms with Crippen LogP contribution in [0.15, 0.2) is 15.6 Å². The van der Waals surface area contributed by atoms with Crippen LogP contribution in [0.1, 0.15) is 29.5 Å². The molecule has 1 aromatic rings. The molecule has 106 valence electrons. The van der Waals surface area contributed by atoms with Crippen LogP contribution in [0.3, 0.4) is 0 Å². The average Bonchev–Trinajstić information content (AvgIpc) is 2.81. The second kappa shape index (κ2) is 5.44. The highest BCUT2D eigenvalue weighted by molar-refractivity contribution is 7.89. The molecule has 0 amide bonds. The zero-order valence-corrected chi connectivity index (χ0v) is 11.8. The van der Waals surface area contributed by atoms with E-state index < -0.39 is 10.0 Å². The fourth-order valence-corrected chi connectivity index (χ4v) is 3.34. The van der Waals surface area contributed by atoms with E-state index in [0.29, 0.717) is 44.0 Å². The molecule has 1 aliphatic rings. The van der Waals surface area contributed by atoms with Crippen LogP contribution in [0.4, 0.5) is 0 Å². The summed E-state index contributed by atoms with van der Waals surface area (Å²) in [5.41, 5.74) is 0.342. The van der Waals surface area contributed by atoms with Crippen molar-refractivity contribution in [3.05, 3.63) is 17.4 Å². The summed E-state index contributed by atoms with van der Waals surface area (Å²) in [6.07, 6.45) is 0.317. The smallest absolute Gasteiger partial charge is 0.276 e. The second-order valence-electron chi connectivity index (χ2n) is 4.33. The highest BCUT2D eigenvalue weighted by atomic mass is 32.2. The summed E-state index contributed by atoms with van der Waals surface area (Å²) in [4.78, 5) is 11.7. The topological polar surface area (TPSA) is 76.8 Å². The monoisotopic (exact) mass is 287 g/mol. The fourth-order valence-electron chi connectivity index (χ4n) is 1.96. The van der Waals surface area contributed by atoms with Crippen LogP contribution in [0.25, 0.3) is 0 Å². The molecule has 0 bridgehead atoms. The first-order chi connectivity index (χ1) is 8.96. The van der Waals surface area contributed by atoms with Crippen molar-refractivity contribution in [1.82, 2.24) is 4.31 Å². The normalized spacial score (nSPS) is 17.6. The van der Waals surface area contributed by atoms with Gasteiger partial charge in [-0.1, -0.05) is 6.92 Å². The van der Waals surface area contributed by atoms with Gasteiger partial charge in [-0.05, 0) is 6.92 Å². The number of aryl methyl sites for hydroxylation is 1. The van der Waals surface area contributed by atoms with Crippen molar-refractivity contribution < 1.29 is 22.4 Å². The van der Waals surface area contributed by atoms with E-state index in [-0.39, 0.29) is 10.9 Å². The SMILES string of the molecule is CCC(=O)c1cc(S(=O)(=O)N2CCOCC2)oc1C. The van der Waals surface area contributed by atoms with Gasteiger partial charge in [-0.15, -0.1) is 0 Å². The molecule has 0 aliphatic carbocycles. The van der Waals surface area contributed by atoms with Gasteiger partial charge in [0.1, 0.15) is 5.76 Å². The van der Waals surface area contributed by atoms with E-state index >= 15 is 0 Å². The molecule has 0 atom stereocenters. The highest BCUT2D eigenvalue weighted by Crippen LogP contribution is 2.24. The number of Topliss-reactive ketones (excluding diaryl/α,β-unsaturated/α-hetero) is 1. The third kappa shape index (κ3) is 2.72. The molecule has 0 spiro atoms. The molecule has 1 saturated heterocycles. The van der Waals surface area contributed by atoms with E-state index in [0.717, 1.165) is 0 Å².